The van der Waals surface area contributed by atoms with Crippen molar-refractivity contribution in [1.82, 2.24) is 24.7 Å². The minimum atomic E-state index is -0.239. The van der Waals surface area contributed by atoms with Crippen LogP contribution in [0.15, 0.2) is 41.9 Å². The summed E-state index contributed by atoms with van der Waals surface area (Å²) in [5, 5.41) is 12.4. The summed E-state index contributed by atoms with van der Waals surface area (Å²) in [6.45, 7) is 2.61. The van der Waals surface area contributed by atoms with Crippen LogP contribution in [0.5, 0.6) is 0 Å². The molecule has 2 aromatic heterocycles. The molecule has 0 unspecified atom stereocenters. The van der Waals surface area contributed by atoms with Gasteiger partial charge in [0.05, 0.1) is 27.7 Å². The largest absolute Gasteiger partial charge is 0.323 e. The molecular weight excluding hydrogens is 395 g/mol. The zero-order valence-corrected chi connectivity index (χ0v) is 16.0. The van der Waals surface area contributed by atoms with E-state index in [1.165, 1.54) is 11.8 Å². The van der Waals surface area contributed by atoms with Crippen molar-refractivity contribution in [3.05, 3.63) is 46.8 Å². The van der Waals surface area contributed by atoms with Crippen LogP contribution in [-0.2, 0) is 11.3 Å². The Kier molecular flexibility index (Phi) is 6.08. The molecule has 0 aliphatic carbocycles. The number of para-hydroxylation sites is 1. The molecule has 0 spiro atoms. The number of carbonyl (C=O) groups excluding carboxylic acids is 1. The summed E-state index contributed by atoms with van der Waals surface area (Å²) < 4.78 is 1.88. The van der Waals surface area contributed by atoms with Gasteiger partial charge in [0, 0.05) is 18.9 Å². The van der Waals surface area contributed by atoms with E-state index in [0.717, 1.165) is 0 Å². The van der Waals surface area contributed by atoms with Gasteiger partial charge in [-0.3, -0.25) is 9.78 Å². The Hall–Kier alpha value is -2.16. The summed E-state index contributed by atoms with van der Waals surface area (Å²) in [7, 11) is 0. The topological polar surface area (TPSA) is 85.6 Å². The number of carbonyl (C=O) groups is 1. The van der Waals surface area contributed by atoms with Crippen LogP contribution in [0.2, 0.25) is 10.0 Å². The van der Waals surface area contributed by atoms with Gasteiger partial charge in [-0.05, 0) is 19.1 Å². The number of rotatable bonds is 6. The summed E-state index contributed by atoms with van der Waals surface area (Å²) in [4.78, 5) is 20.5. The number of hydrogen-bond acceptors (Lipinski definition) is 6. The Morgan fingerprint density at radius 3 is 2.65 bits per heavy atom. The van der Waals surface area contributed by atoms with Gasteiger partial charge in [-0.2, -0.15) is 0 Å². The fourth-order valence-electron chi connectivity index (χ4n) is 2.21. The Balaban J connectivity index is 1.70. The highest BCUT2D eigenvalue weighted by Gasteiger charge is 2.16. The van der Waals surface area contributed by atoms with Crippen LogP contribution in [0.3, 0.4) is 0 Å². The van der Waals surface area contributed by atoms with Gasteiger partial charge < -0.3 is 9.88 Å². The lowest BCUT2D eigenvalue weighted by Crippen LogP contribution is -2.15. The molecule has 10 heteroatoms. The predicted octanol–water partition coefficient (Wildman–Crippen LogP) is 3.79. The molecule has 3 aromatic rings. The highest BCUT2D eigenvalue weighted by Crippen LogP contribution is 2.30. The van der Waals surface area contributed by atoms with Crippen molar-refractivity contribution >= 4 is 46.6 Å². The minimum Gasteiger partial charge on any atom is -0.323 e. The van der Waals surface area contributed by atoms with E-state index in [0.29, 0.717) is 39.0 Å². The standard InChI is InChI=1S/C16H14Cl2N6OS/c1-2-24-15(12-8-19-6-7-20-12)22-23-16(24)26-9-13(25)21-14-10(17)4-3-5-11(14)18/h3-8H,2,9H2,1H3,(H,21,25). The number of nitrogens with zero attached hydrogens (tertiary/aromatic N) is 5. The molecule has 0 saturated carbocycles. The highest BCUT2D eigenvalue weighted by molar-refractivity contribution is 7.99. The molecule has 1 N–H and O–H groups in total. The first-order chi connectivity index (χ1) is 12.6. The maximum absolute atomic E-state index is 12.2. The molecule has 26 heavy (non-hydrogen) atoms. The van der Waals surface area contributed by atoms with E-state index in [-0.39, 0.29) is 11.7 Å². The van der Waals surface area contributed by atoms with E-state index in [1.54, 1.807) is 36.8 Å². The third-order valence-electron chi connectivity index (χ3n) is 3.38. The lowest BCUT2D eigenvalue weighted by Gasteiger charge is -2.09. The molecule has 0 fully saturated rings. The molecule has 0 saturated heterocycles. The van der Waals surface area contributed by atoms with Gasteiger partial charge in [0.2, 0.25) is 5.91 Å². The first kappa shape index (κ1) is 18.6. The molecule has 134 valence electrons. The second-order valence-electron chi connectivity index (χ2n) is 5.07. The van der Waals surface area contributed by atoms with Gasteiger partial charge in [0.25, 0.3) is 0 Å². The van der Waals surface area contributed by atoms with Gasteiger partial charge in [0.1, 0.15) is 5.69 Å². The Bertz CT molecular complexity index is 898. The Morgan fingerprint density at radius 2 is 2.00 bits per heavy atom. The molecule has 0 bridgehead atoms. The van der Waals surface area contributed by atoms with Gasteiger partial charge >= 0.3 is 0 Å². The average molecular weight is 409 g/mol. The first-order valence-corrected chi connectivity index (χ1v) is 9.40. The van der Waals surface area contributed by atoms with E-state index in [9.17, 15) is 4.79 Å². The molecule has 1 aromatic carbocycles. The van der Waals surface area contributed by atoms with Crippen molar-refractivity contribution in [3.63, 3.8) is 0 Å². The van der Waals surface area contributed by atoms with Gasteiger partial charge in [0.15, 0.2) is 11.0 Å². The Labute approximate surface area is 164 Å². The molecule has 0 aliphatic rings. The van der Waals surface area contributed by atoms with Gasteiger partial charge in [-0.15, -0.1) is 10.2 Å². The Morgan fingerprint density at radius 1 is 1.23 bits per heavy atom. The molecule has 7 nitrogen and oxygen atoms in total. The smallest absolute Gasteiger partial charge is 0.234 e. The lowest BCUT2D eigenvalue weighted by atomic mass is 10.3. The normalized spacial score (nSPS) is 10.7. The van der Waals surface area contributed by atoms with Crippen molar-refractivity contribution in [2.45, 2.75) is 18.6 Å². The van der Waals surface area contributed by atoms with Crippen molar-refractivity contribution in [2.24, 2.45) is 0 Å². The average Bonchev–Trinajstić information content (AvgIpc) is 3.07. The maximum atomic E-state index is 12.2. The molecular formula is C16H14Cl2N6OS. The maximum Gasteiger partial charge on any atom is 0.234 e. The van der Waals surface area contributed by atoms with Crippen molar-refractivity contribution < 1.29 is 4.79 Å². The van der Waals surface area contributed by atoms with Crippen LogP contribution in [-0.4, -0.2) is 36.4 Å². The first-order valence-electron chi connectivity index (χ1n) is 7.66. The zero-order chi connectivity index (χ0) is 18.5. The molecule has 2 heterocycles. The fourth-order valence-corrected chi connectivity index (χ4v) is 3.50. The molecule has 0 atom stereocenters. The monoisotopic (exact) mass is 408 g/mol. The summed E-state index contributed by atoms with van der Waals surface area (Å²) in [6, 6.07) is 5.04. The second kappa shape index (κ2) is 8.48. The number of anilines is 1. The van der Waals surface area contributed by atoms with E-state index in [2.05, 4.69) is 25.5 Å². The molecule has 1 amide bonds. The van der Waals surface area contributed by atoms with Crippen molar-refractivity contribution in [2.75, 3.05) is 11.1 Å². The second-order valence-corrected chi connectivity index (χ2v) is 6.83. The van der Waals surface area contributed by atoms with E-state index >= 15 is 0 Å². The minimum absolute atomic E-state index is 0.139. The van der Waals surface area contributed by atoms with Gasteiger partial charge in [-0.25, -0.2) is 4.98 Å². The van der Waals surface area contributed by atoms with Crippen LogP contribution in [0, 0.1) is 0 Å². The summed E-state index contributed by atoms with van der Waals surface area (Å²) in [5.74, 6) is 0.509. The van der Waals surface area contributed by atoms with Crippen LogP contribution >= 0.6 is 35.0 Å². The van der Waals surface area contributed by atoms with Crippen LogP contribution in [0.4, 0.5) is 5.69 Å². The number of hydrogen-bond donors (Lipinski definition) is 1. The van der Waals surface area contributed by atoms with E-state index in [4.69, 9.17) is 23.2 Å². The summed E-state index contributed by atoms with van der Waals surface area (Å²) in [6.07, 6.45) is 4.81. The van der Waals surface area contributed by atoms with Crippen molar-refractivity contribution in [1.29, 1.82) is 0 Å². The number of nitrogens with one attached hydrogen (secondary N) is 1. The molecule has 0 aliphatic heterocycles. The fraction of sp³-hybridized carbons (Fsp3) is 0.188. The number of benzene rings is 1. The van der Waals surface area contributed by atoms with Crippen LogP contribution < -0.4 is 5.32 Å². The third-order valence-corrected chi connectivity index (χ3v) is 4.98. The quantitative estimate of drug-likeness (QED) is 0.624. The third kappa shape index (κ3) is 4.14. The zero-order valence-electron chi connectivity index (χ0n) is 13.7. The van der Waals surface area contributed by atoms with E-state index < -0.39 is 0 Å². The summed E-state index contributed by atoms with van der Waals surface area (Å²) in [5.41, 5.74) is 1.03. The molecule has 0 radical (unpaired) electrons. The number of halogens is 2. The van der Waals surface area contributed by atoms with Crippen molar-refractivity contribution in [3.8, 4) is 11.5 Å². The molecule has 3 rings (SSSR count). The summed E-state index contributed by atoms with van der Waals surface area (Å²) >= 11 is 13.4. The van der Waals surface area contributed by atoms with E-state index in [1.807, 2.05) is 11.5 Å². The number of thioether (sulfide) groups is 1. The van der Waals surface area contributed by atoms with Crippen LogP contribution in [0.25, 0.3) is 11.5 Å². The SMILES string of the molecule is CCn1c(SCC(=O)Nc2c(Cl)cccc2Cl)nnc1-c1cnccn1. The highest BCUT2D eigenvalue weighted by atomic mass is 35.5. The van der Waals surface area contributed by atoms with Gasteiger partial charge in [-0.1, -0.05) is 41.0 Å². The van der Waals surface area contributed by atoms with Crippen LogP contribution in [0.1, 0.15) is 6.92 Å². The predicted molar refractivity (Wildman–Crippen MR) is 103 cm³/mol. The number of aromatic nitrogens is 5. The number of amides is 1. The lowest BCUT2D eigenvalue weighted by molar-refractivity contribution is -0.113.